The average molecular weight is 475 g/mol. The standard InChI is InChI=1S/C25H34N2O7/c1-15-6-7-19-16(2)22(31-23-25(19)18(15)10-11-24(3,32-23)33-34-25)30-21(29)9-8-20(28)27-14-17-5-4-12-26-13-17/h4-5,12-13,15-16,18-19,22-23H,6-11,14H2,1-3H3,(H,27,28)/t15-,16-,18+,19+,22-,23-,24-,25-/m1/s1. The number of amides is 1. The van der Waals surface area contributed by atoms with Gasteiger partial charge in [-0.3, -0.25) is 14.6 Å². The number of carbonyl (C=O) groups excluding carboxylic acids is 2. The molecular weight excluding hydrogens is 440 g/mol. The quantitative estimate of drug-likeness (QED) is 0.495. The van der Waals surface area contributed by atoms with Gasteiger partial charge in [-0.05, 0) is 49.7 Å². The van der Waals surface area contributed by atoms with Crippen LogP contribution >= 0.6 is 0 Å². The van der Waals surface area contributed by atoms with Gasteiger partial charge in [0.15, 0.2) is 11.9 Å². The number of nitrogens with one attached hydrogen (secondary N) is 1. The third-order valence-electron chi connectivity index (χ3n) is 8.11. The Morgan fingerprint density at radius 2 is 2.03 bits per heavy atom. The molecule has 0 unspecified atom stereocenters. The summed E-state index contributed by atoms with van der Waals surface area (Å²) in [5.74, 6) is -0.856. The predicted octanol–water partition coefficient (Wildman–Crippen LogP) is 3.23. The number of esters is 1. The topological polar surface area (TPSA) is 105 Å². The second kappa shape index (κ2) is 9.18. The first-order chi connectivity index (χ1) is 16.3. The minimum absolute atomic E-state index is 0.0240. The van der Waals surface area contributed by atoms with Gasteiger partial charge >= 0.3 is 5.97 Å². The molecule has 5 aliphatic rings. The molecule has 1 amide bonds. The molecule has 9 heteroatoms. The summed E-state index contributed by atoms with van der Waals surface area (Å²) in [5, 5.41) is 2.80. The number of hydrogen-bond acceptors (Lipinski definition) is 8. The van der Waals surface area contributed by atoms with Crippen molar-refractivity contribution in [3.05, 3.63) is 30.1 Å². The molecule has 1 aromatic heterocycles. The summed E-state index contributed by atoms with van der Waals surface area (Å²) in [4.78, 5) is 40.7. The van der Waals surface area contributed by atoms with Crippen LogP contribution in [0.3, 0.4) is 0 Å². The van der Waals surface area contributed by atoms with Crippen LogP contribution in [0.4, 0.5) is 0 Å². The fourth-order valence-electron chi connectivity index (χ4n) is 6.20. The van der Waals surface area contributed by atoms with E-state index in [1.165, 1.54) is 0 Å². The molecule has 1 aliphatic carbocycles. The first-order valence-electron chi connectivity index (χ1n) is 12.4. The van der Waals surface area contributed by atoms with Crippen LogP contribution in [0.2, 0.25) is 0 Å². The van der Waals surface area contributed by atoms with Crippen molar-refractivity contribution < 1.29 is 33.6 Å². The molecule has 5 fully saturated rings. The molecule has 1 aromatic rings. The monoisotopic (exact) mass is 474 g/mol. The van der Waals surface area contributed by atoms with Crippen molar-refractivity contribution in [1.82, 2.24) is 10.3 Å². The first-order valence-corrected chi connectivity index (χ1v) is 12.4. The largest absolute Gasteiger partial charge is 0.435 e. The van der Waals surface area contributed by atoms with Gasteiger partial charge in [-0.1, -0.05) is 19.9 Å². The molecule has 9 nitrogen and oxygen atoms in total. The lowest BCUT2D eigenvalue weighted by Crippen LogP contribution is -2.70. The number of nitrogens with zero attached hydrogens (tertiary/aromatic N) is 1. The molecule has 5 heterocycles. The van der Waals surface area contributed by atoms with Crippen LogP contribution in [0, 0.1) is 23.7 Å². The third kappa shape index (κ3) is 4.23. The molecule has 4 saturated heterocycles. The van der Waals surface area contributed by atoms with Crippen LogP contribution in [0.5, 0.6) is 0 Å². The minimum Gasteiger partial charge on any atom is -0.435 e. The van der Waals surface area contributed by atoms with E-state index >= 15 is 0 Å². The molecule has 34 heavy (non-hydrogen) atoms. The maximum Gasteiger partial charge on any atom is 0.308 e. The average Bonchev–Trinajstić information content (AvgIpc) is 3.06. The zero-order chi connectivity index (χ0) is 23.9. The second-order valence-electron chi connectivity index (χ2n) is 10.4. The maximum absolute atomic E-state index is 12.6. The number of rotatable bonds is 6. The summed E-state index contributed by atoms with van der Waals surface area (Å²) < 4.78 is 18.3. The number of pyridine rings is 1. The Morgan fingerprint density at radius 3 is 2.82 bits per heavy atom. The molecule has 8 atom stereocenters. The number of carbonyl (C=O) groups is 2. The van der Waals surface area contributed by atoms with E-state index in [2.05, 4.69) is 17.2 Å². The van der Waals surface area contributed by atoms with Crippen LogP contribution in [-0.2, 0) is 40.1 Å². The van der Waals surface area contributed by atoms with Gasteiger partial charge < -0.3 is 19.5 Å². The Kier molecular flexibility index (Phi) is 6.39. The lowest BCUT2D eigenvalue weighted by atomic mass is 9.58. The molecule has 0 radical (unpaired) electrons. The molecule has 4 aliphatic heterocycles. The Morgan fingerprint density at radius 1 is 1.18 bits per heavy atom. The number of fused-ring (bicyclic) bond motifs is 2. The van der Waals surface area contributed by atoms with Gasteiger partial charge in [-0.15, -0.1) is 0 Å². The Labute approximate surface area is 199 Å². The molecule has 186 valence electrons. The maximum atomic E-state index is 12.6. The van der Waals surface area contributed by atoms with Crippen molar-refractivity contribution in [2.24, 2.45) is 23.7 Å². The summed E-state index contributed by atoms with van der Waals surface area (Å²) in [5.41, 5.74) is 0.205. The fourth-order valence-corrected chi connectivity index (χ4v) is 6.20. The molecule has 1 N–H and O–H groups in total. The van der Waals surface area contributed by atoms with Gasteiger partial charge in [0.25, 0.3) is 0 Å². The van der Waals surface area contributed by atoms with Crippen molar-refractivity contribution in [3.8, 4) is 0 Å². The van der Waals surface area contributed by atoms with Crippen molar-refractivity contribution in [2.45, 2.75) is 89.8 Å². The Hall–Kier alpha value is -2.07. The smallest absolute Gasteiger partial charge is 0.308 e. The number of hydrogen-bond donors (Lipinski definition) is 1. The van der Waals surface area contributed by atoms with Crippen LogP contribution < -0.4 is 5.32 Å². The summed E-state index contributed by atoms with van der Waals surface area (Å²) >= 11 is 0. The molecule has 1 saturated carbocycles. The third-order valence-corrected chi connectivity index (χ3v) is 8.11. The van der Waals surface area contributed by atoms with Gasteiger partial charge in [0.2, 0.25) is 18.0 Å². The summed E-state index contributed by atoms with van der Waals surface area (Å²) in [6, 6.07) is 3.69. The molecule has 6 rings (SSSR count). The Bertz CT molecular complexity index is 914. The van der Waals surface area contributed by atoms with E-state index < -0.39 is 29.9 Å². The van der Waals surface area contributed by atoms with E-state index in [4.69, 9.17) is 24.0 Å². The van der Waals surface area contributed by atoms with E-state index in [9.17, 15) is 9.59 Å². The highest BCUT2D eigenvalue weighted by Crippen LogP contribution is 2.60. The lowest BCUT2D eigenvalue weighted by Gasteiger charge is -2.59. The van der Waals surface area contributed by atoms with Crippen molar-refractivity contribution >= 4 is 11.9 Å². The zero-order valence-electron chi connectivity index (χ0n) is 20.0. The van der Waals surface area contributed by atoms with Gasteiger partial charge in [0.05, 0.1) is 6.42 Å². The SMILES string of the molecule is C[C@H]1[C@H](OC(=O)CCC(=O)NCc2cccnc2)O[C@@H]2O[C@@]3(C)CC[C@H]4[C@H](C)CC[C@@H]1[C@@]24OO3. The van der Waals surface area contributed by atoms with Gasteiger partial charge in [0, 0.05) is 43.6 Å². The molecular formula is C25H34N2O7. The first kappa shape index (κ1) is 23.7. The molecule has 1 spiro atoms. The fraction of sp³-hybridized carbons (Fsp3) is 0.720. The molecule has 0 aromatic carbocycles. The summed E-state index contributed by atoms with van der Waals surface area (Å²) in [6.45, 7) is 6.52. The van der Waals surface area contributed by atoms with E-state index in [1.54, 1.807) is 12.4 Å². The van der Waals surface area contributed by atoms with Gasteiger partial charge in [-0.2, -0.15) is 0 Å². The highest BCUT2D eigenvalue weighted by molar-refractivity contribution is 5.81. The summed E-state index contributed by atoms with van der Waals surface area (Å²) in [6.07, 6.45) is 5.64. The van der Waals surface area contributed by atoms with Crippen LogP contribution in [-0.4, -0.2) is 40.8 Å². The predicted molar refractivity (Wildman–Crippen MR) is 118 cm³/mol. The highest BCUT2D eigenvalue weighted by atomic mass is 17.3. The van der Waals surface area contributed by atoms with E-state index in [-0.39, 0.29) is 36.5 Å². The minimum atomic E-state index is -0.876. The van der Waals surface area contributed by atoms with Crippen molar-refractivity contribution in [2.75, 3.05) is 0 Å². The van der Waals surface area contributed by atoms with Crippen LogP contribution in [0.25, 0.3) is 0 Å². The van der Waals surface area contributed by atoms with Gasteiger partial charge in [-0.25, -0.2) is 9.78 Å². The second-order valence-corrected chi connectivity index (χ2v) is 10.4. The Balaban J connectivity index is 1.20. The zero-order valence-corrected chi connectivity index (χ0v) is 20.0. The van der Waals surface area contributed by atoms with E-state index in [1.807, 2.05) is 26.0 Å². The number of aromatic nitrogens is 1. The van der Waals surface area contributed by atoms with E-state index in [0.29, 0.717) is 12.5 Å². The normalized spacial score (nSPS) is 40.7. The van der Waals surface area contributed by atoms with Gasteiger partial charge in [0.1, 0.15) is 0 Å². The lowest BCUT2D eigenvalue weighted by molar-refractivity contribution is -0.576. The van der Waals surface area contributed by atoms with E-state index in [0.717, 1.165) is 31.2 Å². The number of ether oxygens (including phenoxy) is 3. The highest BCUT2D eigenvalue weighted by Gasteiger charge is 2.69. The van der Waals surface area contributed by atoms with Crippen LogP contribution in [0.1, 0.15) is 64.9 Å². The molecule has 2 bridgehead atoms. The van der Waals surface area contributed by atoms with Crippen molar-refractivity contribution in [1.29, 1.82) is 0 Å². The summed E-state index contributed by atoms with van der Waals surface area (Å²) in [7, 11) is 0. The van der Waals surface area contributed by atoms with Crippen molar-refractivity contribution in [3.63, 3.8) is 0 Å². The van der Waals surface area contributed by atoms with Crippen LogP contribution in [0.15, 0.2) is 24.5 Å².